The van der Waals surface area contributed by atoms with Crippen molar-refractivity contribution in [3.8, 4) is 0 Å². The molecule has 8 heavy (non-hydrogen) atoms. The molecule has 1 unspecified atom stereocenters. The summed E-state index contributed by atoms with van der Waals surface area (Å²) < 4.78 is 0. The summed E-state index contributed by atoms with van der Waals surface area (Å²) in [5.41, 5.74) is 7.96. The molecule has 4 nitrogen and oxygen atoms in total. The maximum absolute atomic E-state index is 7.96. The van der Waals surface area contributed by atoms with E-state index in [1.54, 1.807) is 0 Å². The molecule has 1 aliphatic heterocycles. The van der Waals surface area contributed by atoms with Crippen molar-refractivity contribution in [2.24, 2.45) is 5.11 Å². The van der Waals surface area contributed by atoms with Crippen LogP contribution in [0.2, 0.25) is 0 Å². The molecular weight excluding hydrogens is 104 g/mol. The van der Waals surface area contributed by atoms with E-state index in [1.807, 2.05) is 0 Å². The molecule has 0 aromatic carbocycles. The number of hydrogen-bond donors (Lipinski definition) is 1. The lowest BCUT2D eigenvalue weighted by Crippen LogP contribution is -2.10. The molecule has 0 amide bonds. The summed E-state index contributed by atoms with van der Waals surface area (Å²) in [6, 6.07) is 0.208. The van der Waals surface area contributed by atoms with Gasteiger partial charge < -0.3 is 5.32 Å². The third-order valence-corrected chi connectivity index (χ3v) is 1.25. The van der Waals surface area contributed by atoms with Crippen molar-refractivity contribution in [2.45, 2.75) is 12.5 Å². The molecule has 1 heterocycles. The van der Waals surface area contributed by atoms with Gasteiger partial charge in [0.1, 0.15) is 0 Å². The van der Waals surface area contributed by atoms with Crippen LogP contribution in [0.5, 0.6) is 0 Å². The molecule has 0 aliphatic carbocycles. The highest BCUT2D eigenvalue weighted by molar-refractivity contribution is 4.76. The normalized spacial score (nSPS) is 27.2. The van der Waals surface area contributed by atoms with Crippen molar-refractivity contribution < 1.29 is 0 Å². The van der Waals surface area contributed by atoms with Gasteiger partial charge >= 0.3 is 0 Å². The van der Waals surface area contributed by atoms with E-state index in [0.717, 1.165) is 19.5 Å². The Bertz CT molecular complexity index is 109. The number of nitrogens with zero attached hydrogens (tertiary/aromatic N) is 3. The zero-order chi connectivity index (χ0) is 5.82. The van der Waals surface area contributed by atoms with Crippen LogP contribution in [0.1, 0.15) is 6.42 Å². The zero-order valence-corrected chi connectivity index (χ0v) is 4.54. The van der Waals surface area contributed by atoms with Gasteiger partial charge in [0.2, 0.25) is 0 Å². The monoisotopic (exact) mass is 112 g/mol. The minimum atomic E-state index is 0.208. The molecule has 0 radical (unpaired) electrons. The summed E-state index contributed by atoms with van der Waals surface area (Å²) in [7, 11) is 0. The number of azide groups is 1. The van der Waals surface area contributed by atoms with E-state index in [9.17, 15) is 0 Å². The smallest absolute Gasteiger partial charge is 0.0510 e. The van der Waals surface area contributed by atoms with Crippen molar-refractivity contribution in [1.29, 1.82) is 0 Å². The summed E-state index contributed by atoms with van der Waals surface area (Å²) in [5, 5.41) is 6.63. The SMILES string of the molecule is [N-]=[N+]=NC1CCNC1. The Kier molecular flexibility index (Phi) is 1.72. The van der Waals surface area contributed by atoms with Crippen LogP contribution < -0.4 is 5.32 Å². The first-order valence-corrected chi connectivity index (χ1v) is 2.68. The molecule has 1 atom stereocenters. The maximum atomic E-state index is 7.96. The first-order chi connectivity index (χ1) is 3.93. The molecular formula is C4H8N4. The van der Waals surface area contributed by atoms with Gasteiger partial charge in [0.25, 0.3) is 0 Å². The van der Waals surface area contributed by atoms with Crippen LogP contribution in [-0.2, 0) is 0 Å². The predicted octanol–water partition coefficient (Wildman–Crippen LogP) is 0.659. The molecule has 44 valence electrons. The summed E-state index contributed by atoms with van der Waals surface area (Å²) in [5.74, 6) is 0. The minimum Gasteiger partial charge on any atom is -0.316 e. The molecule has 0 aromatic heterocycles. The minimum absolute atomic E-state index is 0.208. The third-order valence-electron chi connectivity index (χ3n) is 1.25. The Labute approximate surface area is 47.5 Å². The Hall–Kier alpha value is -0.730. The summed E-state index contributed by atoms with van der Waals surface area (Å²) in [6.45, 7) is 1.84. The second kappa shape index (κ2) is 2.55. The Morgan fingerprint density at radius 1 is 1.75 bits per heavy atom. The van der Waals surface area contributed by atoms with Crippen molar-refractivity contribution >= 4 is 0 Å². The van der Waals surface area contributed by atoms with Gasteiger partial charge in [-0.25, -0.2) is 0 Å². The van der Waals surface area contributed by atoms with E-state index in [0.29, 0.717) is 0 Å². The Balaban J connectivity index is 2.35. The van der Waals surface area contributed by atoms with Gasteiger partial charge in [-0.05, 0) is 18.5 Å². The van der Waals surface area contributed by atoms with E-state index in [1.165, 1.54) is 0 Å². The van der Waals surface area contributed by atoms with Gasteiger partial charge in [-0.3, -0.25) is 0 Å². The van der Waals surface area contributed by atoms with E-state index < -0.39 is 0 Å². The lowest BCUT2D eigenvalue weighted by molar-refractivity contribution is 0.735. The number of nitrogens with one attached hydrogen (secondary N) is 1. The van der Waals surface area contributed by atoms with Gasteiger partial charge in [0.15, 0.2) is 0 Å². The first kappa shape index (κ1) is 5.41. The highest BCUT2D eigenvalue weighted by Crippen LogP contribution is 2.01. The highest BCUT2D eigenvalue weighted by Gasteiger charge is 2.10. The molecule has 0 saturated carbocycles. The van der Waals surface area contributed by atoms with Crippen molar-refractivity contribution in [3.05, 3.63) is 10.4 Å². The number of hydrogen-bond acceptors (Lipinski definition) is 2. The average Bonchev–Trinajstić information content (AvgIpc) is 2.19. The van der Waals surface area contributed by atoms with Crippen LogP contribution in [0, 0.1) is 0 Å². The molecule has 1 aliphatic rings. The first-order valence-electron chi connectivity index (χ1n) is 2.68. The van der Waals surface area contributed by atoms with Crippen molar-refractivity contribution in [3.63, 3.8) is 0 Å². The van der Waals surface area contributed by atoms with Crippen molar-refractivity contribution in [1.82, 2.24) is 5.32 Å². The Morgan fingerprint density at radius 3 is 3.12 bits per heavy atom. The Morgan fingerprint density at radius 2 is 2.62 bits per heavy atom. The highest BCUT2D eigenvalue weighted by atomic mass is 15.2. The van der Waals surface area contributed by atoms with Gasteiger partial charge in [0.05, 0.1) is 6.04 Å². The molecule has 1 saturated heterocycles. The van der Waals surface area contributed by atoms with E-state index >= 15 is 0 Å². The largest absolute Gasteiger partial charge is 0.316 e. The van der Waals surface area contributed by atoms with Crippen LogP contribution in [0.4, 0.5) is 0 Å². The molecule has 0 bridgehead atoms. The van der Waals surface area contributed by atoms with Crippen LogP contribution >= 0.6 is 0 Å². The fourth-order valence-electron chi connectivity index (χ4n) is 0.811. The summed E-state index contributed by atoms with van der Waals surface area (Å²) in [6.07, 6.45) is 0.990. The fourth-order valence-corrected chi connectivity index (χ4v) is 0.811. The standard InChI is InChI=1S/C4H8N4/c5-8-7-4-1-2-6-3-4/h4,6H,1-3H2. The summed E-state index contributed by atoms with van der Waals surface area (Å²) >= 11 is 0. The van der Waals surface area contributed by atoms with E-state index in [4.69, 9.17) is 5.53 Å². The third kappa shape index (κ3) is 1.12. The van der Waals surface area contributed by atoms with Crippen molar-refractivity contribution in [2.75, 3.05) is 13.1 Å². The molecule has 1 fully saturated rings. The molecule has 1 rings (SSSR count). The van der Waals surface area contributed by atoms with Crippen LogP contribution in [0.15, 0.2) is 5.11 Å². The second-order valence-electron chi connectivity index (χ2n) is 1.85. The molecule has 0 spiro atoms. The van der Waals surface area contributed by atoms with Gasteiger partial charge in [-0.15, -0.1) is 0 Å². The van der Waals surface area contributed by atoms with Crippen LogP contribution in [0.3, 0.4) is 0 Å². The molecule has 4 heteroatoms. The van der Waals surface area contributed by atoms with Crippen LogP contribution in [0.25, 0.3) is 10.4 Å². The van der Waals surface area contributed by atoms with E-state index in [2.05, 4.69) is 15.3 Å². The van der Waals surface area contributed by atoms with E-state index in [-0.39, 0.29) is 6.04 Å². The molecule has 0 aromatic rings. The zero-order valence-electron chi connectivity index (χ0n) is 4.54. The molecule has 1 N–H and O–H groups in total. The summed E-state index contributed by atoms with van der Waals surface area (Å²) in [4.78, 5) is 2.70. The average molecular weight is 112 g/mol. The maximum Gasteiger partial charge on any atom is 0.0510 e. The predicted molar refractivity (Wildman–Crippen MR) is 30.4 cm³/mol. The quantitative estimate of drug-likeness (QED) is 0.302. The fraction of sp³-hybridized carbons (Fsp3) is 1.00. The lowest BCUT2D eigenvalue weighted by atomic mass is 10.3. The second-order valence-corrected chi connectivity index (χ2v) is 1.85. The van der Waals surface area contributed by atoms with Crippen LogP contribution in [-0.4, -0.2) is 19.1 Å². The lowest BCUT2D eigenvalue weighted by Gasteiger charge is -1.91. The van der Waals surface area contributed by atoms with Gasteiger partial charge in [-0.2, -0.15) is 0 Å². The number of rotatable bonds is 1. The van der Waals surface area contributed by atoms with Gasteiger partial charge in [-0.1, -0.05) is 5.11 Å². The van der Waals surface area contributed by atoms with Gasteiger partial charge in [0, 0.05) is 11.5 Å². The topological polar surface area (TPSA) is 60.8 Å².